The molecule has 0 saturated heterocycles. The maximum absolute atomic E-state index is 2.23. The fourth-order valence-electron chi connectivity index (χ4n) is 0.500. The first kappa shape index (κ1) is 15.8. The molecule has 0 aliphatic rings. The van der Waals surface area contributed by atoms with E-state index in [-0.39, 0.29) is 24.3 Å². The number of hydrogen-bond donors (Lipinski definition) is 0. The summed E-state index contributed by atoms with van der Waals surface area (Å²) in [5, 5.41) is 0. The second-order valence-electron chi connectivity index (χ2n) is 1.71. The molecule has 0 radical (unpaired) electrons. The zero-order chi connectivity index (χ0) is 4.83. The molecular formula is C6H15LiO. The molecular weight excluding hydrogens is 95.0 g/mol. The minimum Gasteiger partial charge on any atom is -0.870 e. The second-order valence-corrected chi connectivity index (χ2v) is 1.71. The predicted octanol–water partition coefficient (Wildman–Crippen LogP) is -0.586. The van der Waals surface area contributed by atoms with E-state index in [1.54, 1.807) is 0 Å². The van der Waals surface area contributed by atoms with E-state index < -0.39 is 0 Å². The van der Waals surface area contributed by atoms with Crippen molar-refractivity contribution in [3.63, 3.8) is 0 Å². The van der Waals surface area contributed by atoms with Gasteiger partial charge in [0.2, 0.25) is 0 Å². The van der Waals surface area contributed by atoms with Crippen molar-refractivity contribution in [1.29, 1.82) is 0 Å². The van der Waals surface area contributed by atoms with Gasteiger partial charge in [0, 0.05) is 0 Å². The van der Waals surface area contributed by atoms with Crippen molar-refractivity contribution in [2.75, 3.05) is 0 Å². The van der Waals surface area contributed by atoms with Gasteiger partial charge in [-0.2, -0.15) is 0 Å². The Hall–Kier alpha value is 0.557. The second kappa shape index (κ2) is 15.6. The van der Waals surface area contributed by atoms with Gasteiger partial charge in [-0.3, -0.25) is 0 Å². The van der Waals surface area contributed by atoms with Gasteiger partial charge in [0.05, 0.1) is 0 Å². The van der Waals surface area contributed by atoms with Gasteiger partial charge in [-0.15, -0.1) is 0 Å². The van der Waals surface area contributed by atoms with Gasteiger partial charge in [0.1, 0.15) is 0 Å². The van der Waals surface area contributed by atoms with Gasteiger partial charge >= 0.3 is 18.9 Å². The maximum atomic E-state index is 2.23. The standard InChI is InChI=1S/C6H14.Li.H2O/c1-3-5-6-4-2;;/h3-6H2,1-2H3;;1H2/q;+1;/p-1. The molecule has 0 heterocycles. The molecule has 8 heavy (non-hydrogen) atoms. The SMILES string of the molecule is CCCCCC.[Li+].[OH-]. The van der Waals surface area contributed by atoms with Crippen LogP contribution in [0.4, 0.5) is 0 Å². The average molecular weight is 110 g/mol. The Kier molecular flexibility index (Phi) is 30.9. The Morgan fingerprint density at radius 2 is 1.12 bits per heavy atom. The zero-order valence-electron chi connectivity index (χ0n) is 6.28. The van der Waals surface area contributed by atoms with Crippen LogP contribution in [0.15, 0.2) is 0 Å². The fraction of sp³-hybridized carbons (Fsp3) is 1.00. The molecule has 0 unspecified atom stereocenters. The van der Waals surface area contributed by atoms with E-state index >= 15 is 0 Å². The Bertz CT molecular complexity index is 20.5. The van der Waals surface area contributed by atoms with E-state index in [0.29, 0.717) is 0 Å². The molecule has 0 fully saturated rings. The molecule has 0 amide bonds. The van der Waals surface area contributed by atoms with E-state index in [2.05, 4.69) is 13.8 Å². The summed E-state index contributed by atoms with van der Waals surface area (Å²) in [6.45, 7) is 4.46. The van der Waals surface area contributed by atoms with Gasteiger partial charge in [-0.25, -0.2) is 0 Å². The molecule has 1 N–H and O–H groups in total. The van der Waals surface area contributed by atoms with E-state index in [0.717, 1.165) is 0 Å². The molecule has 0 saturated carbocycles. The van der Waals surface area contributed by atoms with Crippen molar-refractivity contribution < 1.29 is 24.3 Å². The van der Waals surface area contributed by atoms with Crippen LogP contribution in [0.25, 0.3) is 0 Å². The van der Waals surface area contributed by atoms with Crippen molar-refractivity contribution in [3.8, 4) is 0 Å². The van der Waals surface area contributed by atoms with E-state index in [1.807, 2.05) is 0 Å². The third-order valence-corrected chi connectivity index (χ3v) is 0.957. The van der Waals surface area contributed by atoms with Crippen molar-refractivity contribution in [3.05, 3.63) is 0 Å². The van der Waals surface area contributed by atoms with Crippen LogP contribution in [-0.2, 0) is 0 Å². The first-order valence-corrected chi connectivity index (χ1v) is 2.91. The summed E-state index contributed by atoms with van der Waals surface area (Å²) < 4.78 is 0. The summed E-state index contributed by atoms with van der Waals surface area (Å²) in [6.07, 6.45) is 5.54. The van der Waals surface area contributed by atoms with Crippen molar-refractivity contribution in [2.45, 2.75) is 39.5 Å². The van der Waals surface area contributed by atoms with Crippen molar-refractivity contribution >= 4 is 0 Å². The molecule has 0 bridgehead atoms. The minimum absolute atomic E-state index is 0. The molecule has 0 aromatic carbocycles. The summed E-state index contributed by atoms with van der Waals surface area (Å²) in [4.78, 5) is 0. The topological polar surface area (TPSA) is 30.0 Å². The molecule has 0 aromatic rings. The quantitative estimate of drug-likeness (QED) is 0.353. The summed E-state index contributed by atoms with van der Waals surface area (Å²) in [7, 11) is 0. The predicted molar refractivity (Wildman–Crippen MR) is 31.8 cm³/mol. The molecule has 2 heteroatoms. The van der Waals surface area contributed by atoms with E-state index in [1.165, 1.54) is 25.7 Å². The zero-order valence-corrected chi connectivity index (χ0v) is 6.28. The van der Waals surface area contributed by atoms with Crippen LogP contribution in [0, 0.1) is 0 Å². The van der Waals surface area contributed by atoms with Crippen LogP contribution in [0.1, 0.15) is 39.5 Å². The molecule has 1 nitrogen and oxygen atoms in total. The largest absolute Gasteiger partial charge is 1.00 e. The summed E-state index contributed by atoms with van der Waals surface area (Å²) in [5.41, 5.74) is 0. The molecule has 0 atom stereocenters. The molecule has 0 spiro atoms. The maximum Gasteiger partial charge on any atom is 1.00 e. The molecule has 0 aromatic heterocycles. The van der Waals surface area contributed by atoms with Crippen LogP contribution < -0.4 is 18.9 Å². The smallest absolute Gasteiger partial charge is 0.870 e. The Morgan fingerprint density at radius 3 is 1.25 bits per heavy atom. The minimum atomic E-state index is 0. The van der Waals surface area contributed by atoms with Crippen molar-refractivity contribution in [2.24, 2.45) is 0 Å². The molecule has 0 rings (SSSR count). The van der Waals surface area contributed by atoms with E-state index in [4.69, 9.17) is 0 Å². The van der Waals surface area contributed by atoms with Gasteiger partial charge < -0.3 is 5.48 Å². The summed E-state index contributed by atoms with van der Waals surface area (Å²) in [5.74, 6) is 0. The van der Waals surface area contributed by atoms with Crippen LogP contribution in [0.3, 0.4) is 0 Å². The first-order chi connectivity index (χ1) is 2.91. The number of unbranched alkanes of at least 4 members (excludes halogenated alkanes) is 3. The Labute approximate surface area is 64.3 Å². The monoisotopic (exact) mass is 110 g/mol. The third kappa shape index (κ3) is 16.0. The average Bonchev–Trinajstić information content (AvgIpc) is 1.61. The van der Waals surface area contributed by atoms with Crippen LogP contribution in [0.5, 0.6) is 0 Å². The molecule has 46 valence electrons. The fourth-order valence-corrected chi connectivity index (χ4v) is 0.500. The van der Waals surface area contributed by atoms with Gasteiger partial charge in [0.25, 0.3) is 0 Å². The summed E-state index contributed by atoms with van der Waals surface area (Å²) in [6, 6.07) is 0. The third-order valence-electron chi connectivity index (χ3n) is 0.957. The van der Waals surface area contributed by atoms with E-state index in [9.17, 15) is 0 Å². The number of rotatable bonds is 3. The molecule has 0 aliphatic carbocycles. The van der Waals surface area contributed by atoms with Gasteiger partial charge in [-0.1, -0.05) is 39.5 Å². The Balaban J connectivity index is -0.000000125. The van der Waals surface area contributed by atoms with Crippen molar-refractivity contribution in [1.82, 2.24) is 0 Å². The summed E-state index contributed by atoms with van der Waals surface area (Å²) >= 11 is 0. The van der Waals surface area contributed by atoms with Crippen LogP contribution >= 0.6 is 0 Å². The molecule has 0 aliphatic heterocycles. The van der Waals surface area contributed by atoms with Gasteiger partial charge in [0.15, 0.2) is 0 Å². The van der Waals surface area contributed by atoms with Crippen LogP contribution in [0.2, 0.25) is 0 Å². The van der Waals surface area contributed by atoms with Gasteiger partial charge in [-0.05, 0) is 0 Å². The number of hydrogen-bond acceptors (Lipinski definition) is 1. The Morgan fingerprint density at radius 1 is 0.875 bits per heavy atom. The van der Waals surface area contributed by atoms with Crippen LogP contribution in [-0.4, -0.2) is 5.48 Å². The normalized spacial score (nSPS) is 6.75. The first-order valence-electron chi connectivity index (χ1n) is 2.91.